The van der Waals surface area contributed by atoms with Crippen LogP contribution in [0.15, 0.2) is 35.2 Å². The van der Waals surface area contributed by atoms with E-state index in [0.717, 1.165) is 35.5 Å². The lowest BCUT2D eigenvalue weighted by molar-refractivity contribution is 0.505. The number of nitrogens with one attached hydrogen (secondary N) is 1. The van der Waals surface area contributed by atoms with Crippen molar-refractivity contribution in [1.82, 2.24) is 5.32 Å². The number of piperidine rings is 1. The molecule has 2 aromatic rings. The summed E-state index contributed by atoms with van der Waals surface area (Å²) in [4.78, 5) is 1.01. The maximum absolute atomic E-state index is 13.6. The van der Waals surface area contributed by atoms with Crippen molar-refractivity contribution in [2.24, 2.45) is 5.92 Å². The average Bonchev–Trinajstić information content (AvgIpc) is 2.89. The first-order valence-electron chi connectivity index (χ1n) is 7.08. The summed E-state index contributed by atoms with van der Waals surface area (Å²) in [6.07, 6.45) is 3.26. The van der Waals surface area contributed by atoms with E-state index in [1.54, 1.807) is 17.4 Å². The van der Waals surface area contributed by atoms with Gasteiger partial charge in [0.05, 0.1) is 5.02 Å². The van der Waals surface area contributed by atoms with Crippen LogP contribution in [0.4, 0.5) is 4.39 Å². The highest BCUT2D eigenvalue weighted by Crippen LogP contribution is 2.34. The van der Waals surface area contributed by atoms with Gasteiger partial charge in [0.2, 0.25) is 0 Å². The van der Waals surface area contributed by atoms with E-state index in [1.807, 2.05) is 17.5 Å². The van der Waals surface area contributed by atoms with Crippen molar-refractivity contribution in [2.75, 3.05) is 13.1 Å². The Labute approximate surface area is 133 Å². The molecule has 2 heterocycles. The minimum Gasteiger partial charge on any atom is -0.316 e. The third-order valence-electron chi connectivity index (χ3n) is 3.86. The zero-order chi connectivity index (χ0) is 14.8. The molecule has 110 valence electrons. The third-order valence-corrected chi connectivity index (χ3v) is 5.17. The fraction of sp³-hybridized carbons (Fsp3) is 0.294. The lowest BCUT2D eigenvalue weighted by atomic mass is 9.91. The molecule has 21 heavy (non-hydrogen) atoms. The Balaban J connectivity index is 2.04. The Hall–Kier alpha value is -1.16. The van der Waals surface area contributed by atoms with Gasteiger partial charge in [-0.25, -0.2) is 4.39 Å². The summed E-state index contributed by atoms with van der Waals surface area (Å²) in [5.41, 5.74) is 3.41. The molecule has 1 aromatic heterocycles. The van der Waals surface area contributed by atoms with Gasteiger partial charge in [0.25, 0.3) is 0 Å². The summed E-state index contributed by atoms with van der Waals surface area (Å²) in [5.74, 6) is 0.304. The van der Waals surface area contributed by atoms with Crippen molar-refractivity contribution in [3.63, 3.8) is 0 Å². The lowest BCUT2D eigenvalue weighted by Crippen LogP contribution is -2.29. The van der Waals surface area contributed by atoms with Gasteiger partial charge in [0, 0.05) is 22.4 Å². The van der Waals surface area contributed by atoms with Crippen molar-refractivity contribution >= 4 is 29.0 Å². The number of hydrogen-bond donors (Lipinski definition) is 1. The second-order valence-electron chi connectivity index (χ2n) is 5.44. The Morgan fingerprint density at radius 3 is 2.95 bits per heavy atom. The molecule has 0 saturated carbocycles. The largest absolute Gasteiger partial charge is 0.316 e. The smallest absolute Gasteiger partial charge is 0.123 e. The van der Waals surface area contributed by atoms with E-state index in [2.05, 4.69) is 18.3 Å². The maximum Gasteiger partial charge on any atom is 0.123 e. The Morgan fingerprint density at radius 2 is 2.24 bits per heavy atom. The zero-order valence-corrected chi connectivity index (χ0v) is 13.4. The molecule has 1 saturated heterocycles. The molecule has 0 bridgehead atoms. The Morgan fingerprint density at radius 1 is 1.38 bits per heavy atom. The molecule has 0 radical (unpaired) electrons. The quantitative estimate of drug-likeness (QED) is 0.799. The third kappa shape index (κ3) is 3.37. The molecule has 1 fully saturated rings. The zero-order valence-electron chi connectivity index (χ0n) is 11.8. The molecule has 1 aliphatic heterocycles. The van der Waals surface area contributed by atoms with Crippen molar-refractivity contribution < 1.29 is 4.39 Å². The summed E-state index contributed by atoms with van der Waals surface area (Å²) in [7, 11) is 0. The van der Waals surface area contributed by atoms with Gasteiger partial charge >= 0.3 is 0 Å². The predicted molar refractivity (Wildman–Crippen MR) is 89.4 cm³/mol. The highest BCUT2D eigenvalue weighted by Gasteiger charge is 2.15. The van der Waals surface area contributed by atoms with E-state index >= 15 is 0 Å². The molecule has 0 spiro atoms. The Kier molecular flexibility index (Phi) is 4.43. The number of rotatable bonds is 2. The monoisotopic (exact) mass is 321 g/mol. The molecule has 1 N–H and O–H groups in total. The van der Waals surface area contributed by atoms with Gasteiger partial charge in [-0.1, -0.05) is 36.2 Å². The van der Waals surface area contributed by atoms with Crippen LogP contribution in [-0.2, 0) is 0 Å². The molecule has 0 amide bonds. The maximum atomic E-state index is 13.6. The van der Waals surface area contributed by atoms with Crippen LogP contribution in [0.3, 0.4) is 0 Å². The van der Waals surface area contributed by atoms with Crippen molar-refractivity contribution in [2.45, 2.75) is 13.3 Å². The van der Waals surface area contributed by atoms with Gasteiger partial charge < -0.3 is 5.32 Å². The minimum absolute atomic E-state index is 0.213. The first-order chi connectivity index (χ1) is 10.1. The van der Waals surface area contributed by atoms with Crippen molar-refractivity contribution in [3.05, 3.63) is 51.6 Å². The van der Waals surface area contributed by atoms with Crippen molar-refractivity contribution in [3.8, 4) is 10.4 Å². The van der Waals surface area contributed by atoms with E-state index in [-0.39, 0.29) is 5.82 Å². The minimum atomic E-state index is -0.213. The standard InChI is InChI=1S/C17H17ClFNS/c1-11-9-20-5-4-12(11)6-13-2-3-15(19)8-16(13)17-7-14(18)10-21-17/h2-3,6-8,10-11,20H,4-5,9H2,1H3/b12-6+. The summed E-state index contributed by atoms with van der Waals surface area (Å²) in [6, 6.07) is 6.88. The first-order valence-corrected chi connectivity index (χ1v) is 8.34. The number of benzene rings is 1. The summed E-state index contributed by atoms with van der Waals surface area (Å²) in [6.45, 7) is 4.24. The lowest BCUT2D eigenvalue weighted by Gasteiger charge is -2.23. The van der Waals surface area contributed by atoms with Crippen LogP contribution in [-0.4, -0.2) is 13.1 Å². The van der Waals surface area contributed by atoms with Crippen LogP contribution in [0.1, 0.15) is 18.9 Å². The molecule has 1 nitrogen and oxygen atoms in total. The highest BCUT2D eigenvalue weighted by atomic mass is 35.5. The van der Waals surface area contributed by atoms with Crippen LogP contribution in [0, 0.1) is 11.7 Å². The van der Waals surface area contributed by atoms with E-state index in [9.17, 15) is 4.39 Å². The fourth-order valence-corrected chi connectivity index (χ4v) is 3.78. The molecule has 3 rings (SSSR count). The highest BCUT2D eigenvalue weighted by molar-refractivity contribution is 7.14. The van der Waals surface area contributed by atoms with Gasteiger partial charge in [0.1, 0.15) is 5.82 Å². The van der Waals surface area contributed by atoms with E-state index in [4.69, 9.17) is 11.6 Å². The van der Waals surface area contributed by atoms with E-state index < -0.39 is 0 Å². The predicted octanol–water partition coefficient (Wildman–Crippen LogP) is 5.22. The molecule has 1 aliphatic rings. The average molecular weight is 322 g/mol. The number of thiophene rings is 1. The summed E-state index contributed by atoms with van der Waals surface area (Å²) < 4.78 is 13.6. The second kappa shape index (κ2) is 6.30. The normalized spacial score (nSPS) is 20.9. The number of hydrogen-bond acceptors (Lipinski definition) is 2. The van der Waals surface area contributed by atoms with Crippen molar-refractivity contribution in [1.29, 1.82) is 0 Å². The van der Waals surface area contributed by atoms with Crippen LogP contribution in [0.5, 0.6) is 0 Å². The van der Waals surface area contributed by atoms with Crippen LogP contribution in [0.2, 0.25) is 5.02 Å². The first kappa shape index (κ1) is 14.8. The van der Waals surface area contributed by atoms with Gasteiger partial charge in [-0.15, -0.1) is 11.3 Å². The SMILES string of the molecule is CC1CNCC/C1=C\c1ccc(F)cc1-c1cc(Cl)cs1. The second-order valence-corrected chi connectivity index (χ2v) is 6.78. The van der Waals surface area contributed by atoms with Gasteiger partial charge in [-0.05, 0) is 42.6 Å². The van der Waals surface area contributed by atoms with E-state index in [1.165, 1.54) is 11.6 Å². The molecular formula is C17H17ClFNS. The van der Waals surface area contributed by atoms with E-state index in [0.29, 0.717) is 10.9 Å². The molecular weight excluding hydrogens is 305 g/mol. The molecule has 1 atom stereocenters. The summed E-state index contributed by atoms with van der Waals surface area (Å²) in [5, 5.41) is 5.98. The molecule has 1 unspecified atom stereocenters. The Bertz CT molecular complexity index is 677. The van der Waals surface area contributed by atoms with Gasteiger partial charge in [-0.3, -0.25) is 0 Å². The van der Waals surface area contributed by atoms with Gasteiger partial charge in [-0.2, -0.15) is 0 Å². The summed E-state index contributed by atoms with van der Waals surface area (Å²) >= 11 is 7.56. The van der Waals surface area contributed by atoms with Gasteiger partial charge in [0.15, 0.2) is 0 Å². The van der Waals surface area contributed by atoms with Crippen LogP contribution >= 0.6 is 22.9 Å². The van der Waals surface area contributed by atoms with Crippen LogP contribution < -0.4 is 5.32 Å². The molecule has 4 heteroatoms. The topological polar surface area (TPSA) is 12.0 Å². The fourth-order valence-electron chi connectivity index (χ4n) is 2.66. The molecule has 0 aliphatic carbocycles. The number of halogens is 2. The van der Waals surface area contributed by atoms with Crippen LogP contribution in [0.25, 0.3) is 16.5 Å². The molecule has 1 aromatic carbocycles.